The summed E-state index contributed by atoms with van der Waals surface area (Å²) in [5, 5.41) is 22.2. The van der Waals surface area contributed by atoms with E-state index >= 15 is 0 Å². The lowest BCUT2D eigenvalue weighted by Crippen LogP contribution is -2.57. The molecule has 1 radical (unpaired) electrons. The van der Waals surface area contributed by atoms with Crippen LogP contribution in [0.25, 0.3) is 0 Å². The van der Waals surface area contributed by atoms with Gasteiger partial charge in [0.1, 0.15) is 0 Å². The smallest absolute Gasteiger partial charge is 0.249 e. The minimum Gasteiger partial charge on any atom is -0.393 e. The molecule has 1 aliphatic heterocycles. The van der Waals surface area contributed by atoms with Gasteiger partial charge in [-0.15, -0.1) is 0 Å². The predicted molar refractivity (Wildman–Crippen MR) is 67.4 cm³/mol. The molecule has 3 atom stereocenters. The van der Waals surface area contributed by atoms with E-state index in [-0.39, 0.29) is 24.7 Å². The zero-order chi connectivity index (χ0) is 14.0. The zero-order valence-electron chi connectivity index (χ0n) is 10.6. The van der Waals surface area contributed by atoms with Crippen LogP contribution in [0.3, 0.4) is 0 Å². The van der Waals surface area contributed by atoms with Crippen molar-refractivity contribution < 1.29 is 19.8 Å². The Bertz CT molecular complexity index is 498. The van der Waals surface area contributed by atoms with Crippen LogP contribution in [0.4, 0.5) is 0 Å². The minimum atomic E-state index is -0.786. The van der Waals surface area contributed by atoms with Gasteiger partial charge in [0.05, 0.1) is 24.7 Å². The van der Waals surface area contributed by atoms with Crippen LogP contribution in [0.2, 0.25) is 0 Å². The number of nitrogens with zero attached hydrogens (tertiary/aromatic N) is 1. The number of hydrogen-bond donors (Lipinski definition) is 2. The van der Waals surface area contributed by atoms with E-state index in [1.807, 2.05) is 0 Å². The molecule has 5 nitrogen and oxygen atoms in total. The third-order valence-electron chi connectivity index (χ3n) is 3.34. The number of benzene rings is 1. The molecule has 2 rings (SSSR count). The van der Waals surface area contributed by atoms with Gasteiger partial charge in [-0.25, -0.2) is 5.32 Å². The van der Waals surface area contributed by atoms with Gasteiger partial charge in [-0.3, -0.25) is 9.59 Å². The summed E-state index contributed by atoms with van der Waals surface area (Å²) in [5.41, 5.74) is 1.16. The second-order valence-corrected chi connectivity index (χ2v) is 4.79. The first kappa shape index (κ1) is 13.7. The molecule has 1 aromatic carbocycles. The summed E-state index contributed by atoms with van der Waals surface area (Å²) in [6.07, 6.45) is -0.678. The number of β-lactam (4-membered cyclic amide) rings is 1. The molecule has 101 valence electrons. The first-order chi connectivity index (χ1) is 9.02. The Balaban J connectivity index is 2.03. The van der Waals surface area contributed by atoms with Gasteiger partial charge in [0.25, 0.3) is 0 Å². The highest BCUT2D eigenvalue weighted by Gasteiger charge is 2.45. The molecule has 1 heterocycles. The summed E-state index contributed by atoms with van der Waals surface area (Å²) in [5.74, 6) is -1.04. The van der Waals surface area contributed by atoms with Crippen molar-refractivity contribution in [1.29, 1.82) is 0 Å². The van der Waals surface area contributed by atoms with E-state index < -0.39 is 18.1 Å². The lowest BCUT2D eigenvalue weighted by atomic mass is 9.82. The van der Waals surface area contributed by atoms with E-state index in [0.29, 0.717) is 11.1 Å². The standard InChI is InChI=1S/C14H16NO4/c1-8(17)13-11(15-14(13)19)6-12(18)10-4-2-3-9(5-10)7-16/h2-5,8,11,13,16-17H,6-7H2,1H3/t8-,11-,13-/m1/s1. The Hall–Kier alpha value is -1.72. The maximum absolute atomic E-state index is 12.1. The molecule has 2 N–H and O–H groups in total. The van der Waals surface area contributed by atoms with Gasteiger partial charge in [-0.2, -0.15) is 0 Å². The van der Waals surface area contributed by atoms with Gasteiger partial charge >= 0.3 is 0 Å². The first-order valence-electron chi connectivity index (χ1n) is 6.18. The summed E-state index contributed by atoms with van der Waals surface area (Å²) < 4.78 is 0. The van der Waals surface area contributed by atoms with Gasteiger partial charge in [0, 0.05) is 12.0 Å². The molecule has 19 heavy (non-hydrogen) atoms. The first-order valence-corrected chi connectivity index (χ1v) is 6.18. The molecule has 0 bridgehead atoms. The van der Waals surface area contributed by atoms with Crippen LogP contribution in [0.1, 0.15) is 29.3 Å². The Morgan fingerprint density at radius 1 is 1.47 bits per heavy atom. The van der Waals surface area contributed by atoms with Gasteiger partial charge in [-0.05, 0) is 18.6 Å². The van der Waals surface area contributed by atoms with Gasteiger partial charge in [0.2, 0.25) is 5.91 Å². The lowest BCUT2D eigenvalue weighted by Gasteiger charge is -2.35. The molecule has 0 aromatic heterocycles. The van der Waals surface area contributed by atoms with Gasteiger partial charge in [-0.1, -0.05) is 18.2 Å². The minimum absolute atomic E-state index is 0.107. The number of hydrogen-bond acceptors (Lipinski definition) is 4. The number of carbonyl (C=O) groups excluding carboxylic acids is 2. The summed E-state index contributed by atoms with van der Waals surface area (Å²) in [7, 11) is 0. The molecule has 1 aliphatic rings. The molecule has 0 aliphatic carbocycles. The normalized spacial score (nSPS) is 23.4. The van der Waals surface area contributed by atoms with Crippen molar-refractivity contribution in [2.45, 2.75) is 32.1 Å². The highest BCUT2D eigenvalue weighted by atomic mass is 16.3. The second-order valence-electron chi connectivity index (χ2n) is 4.79. The van der Waals surface area contributed by atoms with E-state index in [1.54, 1.807) is 24.3 Å². The average molecular weight is 262 g/mol. The van der Waals surface area contributed by atoms with Crippen LogP contribution in [-0.4, -0.2) is 34.0 Å². The zero-order valence-corrected chi connectivity index (χ0v) is 10.6. The number of ketones is 1. The van der Waals surface area contributed by atoms with Crippen LogP contribution in [0.15, 0.2) is 24.3 Å². The number of aliphatic hydroxyl groups is 2. The maximum Gasteiger partial charge on any atom is 0.249 e. The van der Waals surface area contributed by atoms with Crippen molar-refractivity contribution >= 4 is 11.7 Å². The third kappa shape index (κ3) is 2.83. The fraction of sp³-hybridized carbons (Fsp3) is 0.429. The van der Waals surface area contributed by atoms with Gasteiger partial charge in [0.15, 0.2) is 5.78 Å². The highest BCUT2D eigenvalue weighted by Crippen LogP contribution is 2.25. The molecular weight excluding hydrogens is 246 g/mol. The van der Waals surface area contributed by atoms with Gasteiger partial charge < -0.3 is 10.2 Å². The average Bonchev–Trinajstić information content (AvgIpc) is 2.37. The van der Waals surface area contributed by atoms with Crippen molar-refractivity contribution in [2.75, 3.05) is 0 Å². The van der Waals surface area contributed by atoms with E-state index in [0.717, 1.165) is 0 Å². The molecule has 1 amide bonds. The van der Waals surface area contributed by atoms with E-state index in [9.17, 15) is 14.7 Å². The molecule has 1 saturated heterocycles. The number of amides is 1. The molecule has 1 aromatic rings. The summed E-state index contributed by atoms with van der Waals surface area (Å²) >= 11 is 0. The van der Waals surface area contributed by atoms with Crippen LogP contribution in [-0.2, 0) is 11.4 Å². The maximum atomic E-state index is 12.1. The molecule has 1 fully saturated rings. The van der Waals surface area contributed by atoms with Crippen LogP contribution < -0.4 is 5.32 Å². The third-order valence-corrected chi connectivity index (χ3v) is 3.34. The summed E-state index contributed by atoms with van der Waals surface area (Å²) in [6.45, 7) is 1.41. The fourth-order valence-corrected chi connectivity index (χ4v) is 2.26. The van der Waals surface area contributed by atoms with E-state index in [4.69, 9.17) is 5.11 Å². The van der Waals surface area contributed by atoms with Crippen molar-refractivity contribution in [2.24, 2.45) is 5.92 Å². The van der Waals surface area contributed by atoms with Crippen molar-refractivity contribution in [3.05, 3.63) is 35.4 Å². The summed E-state index contributed by atoms with van der Waals surface area (Å²) in [4.78, 5) is 23.3. The van der Waals surface area contributed by atoms with Crippen molar-refractivity contribution in [1.82, 2.24) is 5.32 Å². The summed E-state index contributed by atoms with van der Waals surface area (Å²) in [6, 6.07) is 6.29. The molecule has 0 saturated carbocycles. The Morgan fingerprint density at radius 2 is 2.21 bits per heavy atom. The largest absolute Gasteiger partial charge is 0.393 e. The van der Waals surface area contributed by atoms with Crippen molar-refractivity contribution in [3.8, 4) is 0 Å². The Labute approximate surface area is 111 Å². The van der Waals surface area contributed by atoms with Crippen LogP contribution >= 0.6 is 0 Å². The Kier molecular flexibility index (Phi) is 3.97. The topological polar surface area (TPSA) is 88.7 Å². The number of Topliss-reactive ketones (excluding diaryl/α,β-unsaturated/α-hetero) is 1. The number of rotatable bonds is 5. The highest BCUT2D eigenvalue weighted by molar-refractivity contribution is 5.98. The number of carbonyl (C=O) groups is 2. The molecule has 0 unspecified atom stereocenters. The SMILES string of the molecule is C[C@@H](O)[C@H]1C(=O)[N][C@@H]1CC(=O)c1cccc(CO)c1. The molecular formula is C14H16NO4. The van der Waals surface area contributed by atoms with E-state index in [2.05, 4.69) is 5.32 Å². The molecule has 0 spiro atoms. The quantitative estimate of drug-likeness (QED) is 0.588. The molecule has 5 heteroatoms. The number of aliphatic hydroxyl groups excluding tert-OH is 2. The van der Waals surface area contributed by atoms with Crippen molar-refractivity contribution in [3.63, 3.8) is 0 Å². The predicted octanol–water partition coefficient (Wildman–Crippen LogP) is 0.262. The van der Waals surface area contributed by atoms with Crippen LogP contribution in [0.5, 0.6) is 0 Å². The van der Waals surface area contributed by atoms with Crippen LogP contribution in [0, 0.1) is 5.92 Å². The lowest BCUT2D eigenvalue weighted by molar-refractivity contribution is -0.140. The monoisotopic (exact) mass is 262 g/mol. The second kappa shape index (κ2) is 5.50. The Morgan fingerprint density at radius 3 is 2.79 bits per heavy atom. The van der Waals surface area contributed by atoms with E-state index in [1.165, 1.54) is 6.92 Å². The fourth-order valence-electron chi connectivity index (χ4n) is 2.26.